The number of benzene rings is 1. The van der Waals surface area contributed by atoms with Crippen LogP contribution >= 0.6 is 0 Å². The molecule has 1 aromatic carbocycles. The summed E-state index contributed by atoms with van der Waals surface area (Å²) >= 11 is 0. The van der Waals surface area contributed by atoms with E-state index in [4.69, 9.17) is 4.74 Å². The molecule has 0 atom stereocenters. The average molecular weight is 423 g/mol. The molecule has 0 spiro atoms. The van der Waals surface area contributed by atoms with Gasteiger partial charge >= 0.3 is 12.0 Å². The van der Waals surface area contributed by atoms with E-state index in [1.165, 1.54) is 22.5 Å². The van der Waals surface area contributed by atoms with Gasteiger partial charge in [0.05, 0.1) is 4.90 Å². The summed E-state index contributed by atoms with van der Waals surface area (Å²) in [5, 5.41) is 4.65. The Morgan fingerprint density at radius 1 is 1.14 bits per heavy atom. The predicted octanol–water partition coefficient (Wildman–Crippen LogP) is 1.26. The lowest BCUT2D eigenvalue weighted by Gasteiger charge is -2.18. The summed E-state index contributed by atoms with van der Waals surface area (Å²) in [5.41, 5.74) is 0.591. The highest BCUT2D eigenvalue weighted by molar-refractivity contribution is 7.89. The number of sulfonamides is 1. The smallest absolute Gasteiger partial charge is 0.331 e. The number of rotatable bonds is 9. The van der Waals surface area contributed by atoms with Gasteiger partial charge in [0.2, 0.25) is 10.0 Å². The Balaban J connectivity index is 1.83. The second-order valence-corrected chi connectivity index (χ2v) is 8.33. The zero-order valence-electron chi connectivity index (χ0n) is 16.4. The average Bonchev–Trinajstić information content (AvgIpc) is 3.49. The second-order valence-electron chi connectivity index (χ2n) is 6.40. The van der Waals surface area contributed by atoms with E-state index in [0.29, 0.717) is 18.7 Å². The molecule has 9 nitrogen and oxygen atoms in total. The highest BCUT2D eigenvalue weighted by Crippen LogP contribution is 2.18. The van der Waals surface area contributed by atoms with Crippen molar-refractivity contribution in [3.63, 3.8) is 0 Å². The van der Waals surface area contributed by atoms with Crippen molar-refractivity contribution in [2.24, 2.45) is 0 Å². The minimum absolute atomic E-state index is 0.113. The summed E-state index contributed by atoms with van der Waals surface area (Å²) in [4.78, 5) is 34.8. The molecule has 1 aliphatic carbocycles. The molecule has 29 heavy (non-hydrogen) atoms. The molecule has 0 saturated heterocycles. The lowest BCUT2D eigenvalue weighted by Crippen LogP contribution is -2.42. The van der Waals surface area contributed by atoms with Gasteiger partial charge in [-0.3, -0.25) is 10.1 Å². The van der Waals surface area contributed by atoms with Crippen molar-refractivity contribution in [1.29, 1.82) is 0 Å². The van der Waals surface area contributed by atoms with E-state index in [0.717, 1.165) is 18.9 Å². The van der Waals surface area contributed by atoms with Crippen LogP contribution in [0.15, 0.2) is 35.2 Å². The fraction of sp³-hybridized carbons (Fsp3) is 0.421. The summed E-state index contributed by atoms with van der Waals surface area (Å²) in [6, 6.07) is 5.56. The molecular formula is C19H25N3O6S. The van der Waals surface area contributed by atoms with Crippen molar-refractivity contribution < 1.29 is 27.5 Å². The van der Waals surface area contributed by atoms with Gasteiger partial charge < -0.3 is 10.1 Å². The van der Waals surface area contributed by atoms with Crippen LogP contribution in [-0.2, 0) is 24.3 Å². The monoisotopic (exact) mass is 423 g/mol. The first kappa shape index (κ1) is 22.6. The highest BCUT2D eigenvalue weighted by Gasteiger charge is 2.24. The van der Waals surface area contributed by atoms with Crippen LogP contribution in [-0.4, -0.2) is 56.4 Å². The molecular weight excluding hydrogens is 398 g/mol. The van der Waals surface area contributed by atoms with Gasteiger partial charge in [-0.1, -0.05) is 26.0 Å². The minimum atomic E-state index is -3.54. The third kappa shape index (κ3) is 6.99. The van der Waals surface area contributed by atoms with Gasteiger partial charge in [-0.15, -0.1) is 0 Å². The number of hydrogen-bond acceptors (Lipinski definition) is 6. The largest absolute Gasteiger partial charge is 0.452 e. The van der Waals surface area contributed by atoms with E-state index < -0.39 is 34.5 Å². The Hall–Kier alpha value is -2.72. The van der Waals surface area contributed by atoms with Crippen LogP contribution in [0, 0.1) is 0 Å². The van der Waals surface area contributed by atoms with Gasteiger partial charge in [0.15, 0.2) is 6.61 Å². The fourth-order valence-corrected chi connectivity index (χ4v) is 3.88. The molecule has 2 N–H and O–H groups in total. The molecule has 158 valence electrons. The number of carbonyl (C=O) groups excluding carboxylic acids is 3. The molecule has 1 aromatic rings. The predicted molar refractivity (Wildman–Crippen MR) is 106 cm³/mol. The molecule has 2 rings (SSSR count). The van der Waals surface area contributed by atoms with Crippen LogP contribution in [0.25, 0.3) is 6.08 Å². The highest BCUT2D eigenvalue weighted by atomic mass is 32.2. The van der Waals surface area contributed by atoms with E-state index in [-0.39, 0.29) is 10.9 Å². The minimum Gasteiger partial charge on any atom is -0.452 e. The lowest BCUT2D eigenvalue weighted by molar-refractivity contribution is -0.143. The van der Waals surface area contributed by atoms with Crippen molar-refractivity contribution in [1.82, 2.24) is 14.9 Å². The van der Waals surface area contributed by atoms with Gasteiger partial charge in [-0.2, -0.15) is 4.31 Å². The first-order valence-corrected chi connectivity index (χ1v) is 10.8. The Bertz CT molecular complexity index is 872. The van der Waals surface area contributed by atoms with E-state index >= 15 is 0 Å². The Morgan fingerprint density at radius 3 is 2.31 bits per heavy atom. The maximum Gasteiger partial charge on any atom is 0.331 e. The summed E-state index contributed by atoms with van der Waals surface area (Å²) < 4.78 is 31.0. The molecule has 10 heteroatoms. The number of imide groups is 1. The Kier molecular flexibility index (Phi) is 7.91. The molecule has 0 heterocycles. The lowest BCUT2D eigenvalue weighted by atomic mass is 10.2. The molecule has 0 bridgehead atoms. The zero-order chi connectivity index (χ0) is 21.4. The number of amides is 3. The van der Waals surface area contributed by atoms with Crippen molar-refractivity contribution >= 4 is 34.0 Å². The molecule has 0 radical (unpaired) electrons. The summed E-state index contributed by atoms with van der Waals surface area (Å²) in [6.45, 7) is 3.71. The zero-order valence-corrected chi connectivity index (χ0v) is 17.2. The third-order valence-corrected chi connectivity index (χ3v) is 6.21. The maximum absolute atomic E-state index is 12.4. The van der Waals surface area contributed by atoms with Gasteiger partial charge in [-0.25, -0.2) is 18.0 Å². The number of nitrogens with one attached hydrogen (secondary N) is 2. The van der Waals surface area contributed by atoms with Crippen molar-refractivity contribution in [2.45, 2.75) is 37.6 Å². The van der Waals surface area contributed by atoms with Crippen molar-refractivity contribution in [2.75, 3.05) is 19.7 Å². The molecule has 1 aliphatic rings. The van der Waals surface area contributed by atoms with E-state index in [1.807, 2.05) is 0 Å². The van der Waals surface area contributed by atoms with Gasteiger partial charge in [0, 0.05) is 25.2 Å². The van der Waals surface area contributed by atoms with Crippen molar-refractivity contribution in [3.8, 4) is 0 Å². The number of hydrogen-bond donors (Lipinski definition) is 2. The molecule has 0 unspecified atom stereocenters. The number of esters is 1. The standard InChI is InChI=1S/C19H25N3O6S/c1-3-22(4-2)29(26,27)16-10-5-14(6-11-16)7-12-18(24)28-13-17(23)21-19(25)20-15-8-9-15/h5-7,10-12,15H,3-4,8-9,13H2,1-2H3,(H2,20,21,23,25)/b12-7+. The van der Waals surface area contributed by atoms with Crippen LogP contribution in [0.4, 0.5) is 4.79 Å². The van der Waals surface area contributed by atoms with Crippen LogP contribution in [0.1, 0.15) is 32.3 Å². The number of urea groups is 1. The second kappa shape index (κ2) is 10.2. The van der Waals surface area contributed by atoms with Gasteiger partial charge in [-0.05, 0) is 36.6 Å². The molecule has 1 fully saturated rings. The summed E-state index contributed by atoms with van der Waals surface area (Å²) in [7, 11) is -3.54. The van der Waals surface area contributed by atoms with Gasteiger partial charge in [0.25, 0.3) is 5.91 Å². The fourth-order valence-electron chi connectivity index (χ4n) is 2.42. The molecule has 0 aliphatic heterocycles. The number of carbonyl (C=O) groups is 3. The SMILES string of the molecule is CCN(CC)S(=O)(=O)c1ccc(/C=C/C(=O)OCC(=O)NC(=O)NC2CC2)cc1. The number of ether oxygens (including phenoxy) is 1. The third-order valence-electron chi connectivity index (χ3n) is 4.15. The van der Waals surface area contributed by atoms with E-state index in [2.05, 4.69) is 10.6 Å². The van der Waals surface area contributed by atoms with Crippen LogP contribution in [0.3, 0.4) is 0 Å². The maximum atomic E-state index is 12.4. The first-order chi connectivity index (χ1) is 13.8. The molecule has 3 amide bonds. The Labute approximate surface area is 170 Å². The molecule has 1 saturated carbocycles. The summed E-state index contributed by atoms with van der Waals surface area (Å²) in [6.07, 6.45) is 4.34. The molecule has 0 aromatic heterocycles. The van der Waals surface area contributed by atoms with Crippen molar-refractivity contribution in [3.05, 3.63) is 35.9 Å². The van der Waals surface area contributed by atoms with Crippen LogP contribution < -0.4 is 10.6 Å². The Morgan fingerprint density at radius 2 is 1.76 bits per heavy atom. The summed E-state index contributed by atoms with van der Waals surface area (Å²) in [5.74, 6) is -1.49. The first-order valence-electron chi connectivity index (χ1n) is 9.31. The van der Waals surface area contributed by atoms with Gasteiger partial charge in [0.1, 0.15) is 0 Å². The topological polar surface area (TPSA) is 122 Å². The van der Waals surface area contributed by atoms with Crippen LogP contribution in [0.5, 0.6) is 0 Å². The van der Waals surface area contributed by atoms with E-state index in [9.17, 15) is 22.8 Å². The number of nitrogens with zero attached hydrogens (tertiary/aromatic N) is 1. The van der Waals surface area contributed by atoms with Crippen LogP contribution in [0.2, 0.25) is 0 Å². The normalized spacial score (nSPS) is 14.0. The quantitative estimate of drug-likeness (QED) is 0.456. The van der Waals surface area contributed by atoms with E-state index in [1.54, 1.807) is 26.0 Å².